The number of imidazole rings is 1. The van der Waals surface area contributed by atoms with Gasteiger partial charge in [0.25, 0.3) is 11.2 Å². The number of hydrogen-bond donors (Lipinski definition) is 3. The maximum atomic E-state index is 11.9. The molecule has 0 unspecified atom stereocenters. The summed E-state index contributed by atoms with van der Waals surface area (Å²) in [5.74, 6) is 0.732. The summed E-state index contributed by atoms with van der Waals surface area (Å²) in [7, 11) is 0. The fraction of sp³-hybridized carbons (Fsp3) is 0.143. The van der Waals surface area contributed by atoms with Gasteiger partial charge in [-0.05, 0) is 24.3 Å². The third kappa shape index (κ3) is 2.60. The number of rotatable bonds is 4. The van der Waals surface area contributed by atoms with Crippen molar-refractivity contribution in [2.24, 2.45) is 0 Å². The molecule has 3 rings (SSSR count). The highest BCUT2D eigenvalue weighted by Crippen LogP contribution is 2.11. The summed E-state index contributed by atoms with van der Waals surface area (Å²) in [6.07, 6.45) is 1.65. The van der Waals surface area contributed by atoms with E-state index < -0.39 is 0 Å². The van der Waals surface area contributed by atoms with Crippen LogP contribution in [0, 0.1) is 11.3 Å². The highest BCUT2D eigenvalue weighted by Gasteiger charge is 2.15. The summed E-state index contributed by atoms with van der Waals surface area (Å²) in [4.78, 5) is 21.3. The summed E-state index contributed by atoms with van der Waals surface area (Å²) >= 11 is 0. The number of H-pyrrole nitrogens is 2. The second-order valence-corrected chi connectivity index (χ2v) is 4.60. The van der Waals surface area contributed by atoms with E-state index in [0.717, 1.165) is 0 Å². The molecule has 0 radical (unpaired) electrons. The van der Waals surface area contributed by atoms with Crippen molar-refractivity contribution in [3.05, 3.63) is 46.5 Å². The fourth-order valence-corrected chi connectivity index (χ4v) is 2.12. The van der Waals surface area contributed by atoms with E-state index in [9.17, 15) is 4.79 Å². The Hall–Kier alpha value is -3.34. The average Bonchev–Trinajstić information content (AvgIpc) is 2.91. The van der Waals surface area contributed by atoms with E-state index in [-0.39, 0.29) is 11.5 Å². The van der Waals surface area contributed by atoms with Gasteiger partial charge >= 0.3 is 5.56 Å². The van der Waals surface area contributed by atoms with Crippen LogP contribution in [0.25, 0.3) is 11.2 Å². The van der Waals surface area contributed by atoms with Gasteiger partial charge in [-0.1, -0.05) is 0 Å². The molecule has 0 atom stereocenters. The number of aromatic nitrogens is 4. The lowest BCUT2D eigenvalue weighted by Crippen LogP contribution is -2.38. The number of aromatic amines is 2. The minimum absolute atomic E-state index is 0.0698. The van der Waals surface area contributed by atoms with Crippen molar-refractivity contribution < 1.29 is 9.30 Å². The molecule has 0 aliphatic heterocycles. The maximum absolute atomic E-state index is 11.9. The van der Waals surface area contributed by atoms with Crippen molar-refractivity contribution in [3.63, 3.8) is 0 Å². The summed E-state index contributed by atoms with van der Waals surface area (Å²) in [5, 5.41) is 8.73. The number of ether oxygens (including phenoxy) is 1. The molecule has 110 valence electrons. The lowest BCUT2D eigenvalue weighted by Gasteiger charge is -2.04. The lowest BCUT2D eigenvalue weighted by molar-refractivity contribution is -0.672. The largest absolute Gasteiger partial charge is 0.489 e. The van der Waals surface area contributed by atoms with Crippen molar-refractivity contribution >= 4 is 17.1 Å². The van der Waals surface area contributed by atoms with E-state index >= 15 is 0 Å². The molecule has 0 saturated carbocycles. The van der Waals surface area contributed by atoms with Gasteiger partial charge in [0.15, 0.2) is 0 Å². The van der Waals surface area contributed by atoms with Crippen molar-refractivity contribution in [3.8, 4) is 11.8 Å². The molecular formula is C14H13N6O2+. The molecule has 0 aliphatic rings. The molecule has 2 aromatic heterocycles. The van der Waals surface area contributed by atoms with Crippen molar-refractivity contribution in [1.82, 2.24) is 15.0 Å². The van der Waals surface area contributed by atoms with Crippen LogP contribution in [0.3, 0.4) is 0 Å². The molecule has 0 bridgehead atoms. The number of nitrogens with one attached hydrogen (secondary N) is 2. The second-order valence-electron chi connectivity index (χ2n) is 4.60. The zero-order valence-electron chi connectivity index (χ0n) is 11.5. The molecule has 0 saturated heterocycles. The van der Waals surface area contributed by atoms with E-state index in [1.165, 1.54) is 0 Å². The number of fused-ring (bicyclic) bond motifs is 1. The maximum Gasteiger partial charge on any atom is 0.304 e. The third-order valence-corrected chi connectivity index (χ3v) is 3.14. The number of nitrogens with zero attached hydrogens (tertiary/aromatic N) is 3. The van der Waals surface area contributed by atoms with Crippen molar-refractivity contribution in [2.75, 3.05) is 12.3 Å². The Morgan fingerprint density at radius 3 is 2.86 bits per heavy atom. The molecule has 3 aromatic rings. The quantitative estimate of drug-likeness (QED) is 0.588. The van der Waals surface area contributed by atoms with E-state index in [1.807, 2.05) is 6.07 Å². The summed E-state index contributed by atoms with van der Waals surface area (Å²) in [6.45, 7) is 0.835. The normalized spacial score (nSPS) is 10.5. The Labute approximate surface area is 124 Å². The van der Waals surface area contributed by atoms with Gasteiger partial charge in [0.2, 0.25) is 12.3 Å². The molecular weight excluding hydrogens is 284 g/mol. The van der Waals surface area contributed by atoms with E-state index in [1.54, 1.807) is 35.2 Å². The monoisotopic (exact) mass is 297 g/mol. The van der Waals surface area contributed by atoms with E-state index in [0.29, 0.717) is 35.6 Å². The summed E-state index contributed by atoms with van der Waals surface area (Å²) in [6, 6.07) is 8.88. The number of hydrogen-bond acceptors (Lipinski definition) is 5. The van der Waals surface area contributed by atoms with Gasteiger partial charge in [0, 0.05) is 0 Å². The topological polar surface area (TPSA) is 124 Å². The van der Waals surface area contributed by atoms with Crippen LogP contribution in [0.4, 0.5) is 5.95 Å². The van der Waals surface area contributed by atoms with Crippen LogP contribution < -0.4 is 20.6 Å². The number of nitriles is 1. The second kappa shape index (κ2) is 5.57. The third-order valence-electron chi connectivity index (χ3n) is 3.14. The first-order chi connectivity index (χ1) is 10.7. The van der Waals surface area contributed by atoms with Crippen LogP contribution in [0.15, 0.2) is 35.4 Å². The lowest BCUT2D eigenvalue weighted by atomic mass is 10.2. The van der Waals surface area contributed by atoms with Gasteiger partial charge in [0.05, 0.1) is 11.6 Å². The Balaban J connectivity index is 1.72. The van der Waals surface area contributed by atoms with Gasteiger partial charge in [-0.25, -0.2) is 9.55 Å². The predicted molar refractivity (Wildman–Crippen MR) is 78.0 cm³/mol. The van der Waals surface area contributed by atoms with Gasteiger partial charge < -0.3 is 10.5 Å². The molecule has 0 amide bonds. The molecule has 4 N–H and O–H groups in total. The molecule has 22 heavy (non-hydrogen) atoms. The zero-order chi connectivity index (χ0) is 15.5. The smallest absolute Gasteiger partial charge is 0.304 e. The fourth-order valence-electron chi connectivity index (χ4n) is 2.12. The van der Waals surface area contributed by atoms with Crippen molar-refractivity contribution in [2.45, 2.75) is 6.54 Å². The van der Waals surface area contributed by atoms with Crippen LogP contribution in [-0.4, -0.2) is 21.6 Å². The van der Waals surface area contributed by atoms with Crippen LogP contribution in [-0.2, 0) is 6.54 Å². The molecule has 8 nitrogen and oxygen atoms in total. The Bertz CT molecular complexity index is 904. The van der Waals surface area contributed by atoms with Gasteiger partial charge in [0.1, 0.15) is 18.9 Å². The summed E-state index contributed by atoms with van der Waals surface area (Å²) in [5.41, 5.74) is 6.61. The standard InChI is InChI=1S/C14H12N6O2/c15-7-9-1-3-10(4-2-9)22-6-5-20-8-17-12-11(20)13(21)19-14(16)18-12/h1-4,8H,5-6H2,(H3,16,18,19,21)/p+1. The highest BCUT2D eigenvalue weighted by atomic mass is 16.5. The molecule has 1 aromatic carbocycles. The first-order valence-corrected chi connectivity index (χ1v) is 6.56. The first-order valence-electron chi connectivity index (χ1n) is 6.56. The minimum atomic E-state index is -0.304. The van der Waals surface area contributed by atoms with Crippen LogP contribution >= 0.6 is 0 Å². The molecule has 2 heterocycles. The Morgan fingerprint density at radius 2 is 2.14 bits per heavy atom. The SMILES string of the molecule is N#Cc1ccc(OCC[n+]2c[nH]c3nc(N)[nH]c(=O)c32)cc1. The van der Waals surface area contributed by atoms with Crippen LogP contribution in [0.5, 0.6) is 5.75 Å². The van der Waals surface area contributed by atoms with E-state index in [2.05, 4.69) is 15.0 Å². The number of nitrogen functional groups attached to an aromatic ring is 1. The van der Waals surface area contributed by atoms with Gasteiger partial charge in [-0.2, -0.15) is 10.2 Å². The number of anilines is 1. The molecule has 0 spiro atoms. The highest BCUT2D eigenvalue weighted by molar-refractivity contribution is 5.65. The Morgan fingerprint density at radius 1 is 1.36 bits per heavy atom. The van der Waals surface area contributed by atoms with E-state index in [4.69, 9.17) is 15.7 Å². The summed E-state index contributed by atoms with van der Waals surface area (Å²) < 4.78 is 7.30. The Kier molecular flexibility index (Phi) is 3.45. The van der Waals surface area contributed by atoms with Crippen LogP contribution in [0.2, 0.25) is 0 Å². The first kappa shape index (κ1) is 13.6. The average molecular weight is 297 g/mol. The molecule has 8 heteroatoms. The van der Waals surface area contributed by atoms with Gasteiger partial charge in [-0.15, -0.1) is 0 Å². The predicted octanol–water partition coefficient (Wildman–Crippen LogP) is 0.0716. The number of benzene rings is 1. The van der Waals surface area contributed by atoms with Gasteiger partial charge in [-0.3, -0.25) is 9.78 Å². The zero-order valence-corrected chi connectivity index (χ0v) is 11.5. The van der Waals surface area contributed by atoms with Crippen LogP contribution in [0.1, 0.15) is 5.56 Å². The molecule has 0 fully saturated rings. The molecule has 0 aliphatic carbocycles. The number of nitrogens with two attached hydrogens (primary N) is 1. The van der Waals surface area contributed by atoms with Crippen molar-refractivity contribution in [1.29, 1.82) is 5.26 Å². The minimum Gasteiger partial charge on any atom is -0.489 e.